The van der Waals surface area contributed by atoms with Crippen molar-refractivity contribution in [1.82, 2.24) is 10.3 Å². The van der Waals surface area contributed by atoms with E-state index in [2.05, 4.69) is 10.3 Å². The van der Waals surface area contributed by atoms with Crippen LogP contribution in [0.1, 0.15) is 48.9 Å². The van der Waals surface area contributed by atoms with Crippen LogP contribution in [0.2, 0.25) is 10.3 Å². The van der Waals surface area contributed by atoms with E-state index in [1.165, 1.54) is 44.2 Å². The number of hydrogen-bond acceptors (Lipinski definition) is 2. The molecular weight excluding hydrogens is 283 g/mol. The summed E-state index contributed by atoms with van der Waals surface area (Å²) in [5.74, 6) is 0.722. The van der Waals surface area contributed by atoms with Gasteiger partial charge in [0.1, 0.15) is 10.3 Å². The van der Waals surface area contributed by atoms with Crippen LogP contribution >= 0.6 is 23.2 Å². The van der Waals surface area contributed by atoms with E-state index in [-0.39, 0.29) is 16.2 Å². The monoisotopic (exact) mass is 300 g/mol. The Morgan fingerprint density at radius 3 is 2.53 bits per heavy atom. The van der Waals surface area contributed by atoms with Crippen LogP contribution in [-0.4, -0.2) is 17.4 Å². The van der Waals surface area contributed by atoms with Crippen LogP contribution in [0.3, 0.4) is 0 Å². The van der Waals surface area contributed by atoms with Gasteiger partial charge >= 0.3 is 0 Å². The molecule has 1 aromatic rings. The molecule has 5 heteroatoms. The smallest absolute Gasteiger partial charge is 0.251 e. The van der Waals surface area contributed by atoms with Crippen molar-refractivity contribution in [2.24, 2.45) is 5.92 Å². The van der Waals surface area contributed by atoms with Crippen LogP contribution in [0.25, 0.3) is 0 Å². The summed E-state index contributed by atoms with van der Waals surface area (Å²) >= 11 is 11.5. The molecule has 0 bridgehead atoms. The zero-order chi connectivity index (χ0) is 13.7. The number of rotatable bonds is 5. The fraction of sp³-hybridized carbons (Fsp3) is 0.571. The summed E-state index contributed by atoms with van der Waals surface area (Å²) in [5.41, 5.74) is 0.464. The van der Waals surface area contributed by atoms with Gasteiger partial charge in [-0.15, -0.1) is 0 Å². The number of carbonyl (C=O) groups excluding carboxylic acids is 1. The fourth-order valence-corrected chi connectivity index (χ4v) is 3.05. The van der Waals surface area contributed by atoms with E-state index in [0.29, 0.717) is 12.1 Å². The fourth-order valence-electron chi connectivity index (χ4n) is 2.59. The van der Waals surface area contributed by atoms with Crippen LogP contribution in [-0.2, 0) is 0 Å². The van der Waals surface area contributed by atoms with Gasteiger partial charge in [-0.1, -0.05) is 48.9 Å². The lowest BCUT2D eigenvalue weighted by Gasteiger charge is -2.09. The number of nitrogens with one attached hydrogen (secondary N) is 1. The van der Waals surface area contributed by atoms with Crippen molar-refractivity contribution < 1.29 is 4.79 Å². The molecule has 1 N–H and O–H groups in total. The molecule has 1 amide bonds. The normalized spacial score (nSPS) is 15.7. The Morgan fingerprint density at radius 2 is 1.89 bits per heavy atom. The lowest BCUT2D eigenvalue weighted by molar-refractivity contribution is 0.0952. The number of carbonyl (C=O) groups is 1. The molecule has 2 rings (SSSR count). The summed E-state index contributed by atoms with van der Waals surface area (Å²) in [7, 11) is 0. The topological polar surface area (TPSA) is 42.0 Å². The molecule has 3 nitrogen and oxygen atoms in total. The second kappa shape index (κ2) is 7.11. The highest BCUT2D eigenvalue weighted by Gasteiger charge is 2.14. The van der Waals surface area contributed by atoms with E-state index in [1.54, 1.807) is 0 Å². The number of pyridine rings is 1. The summed E-state index contributed by atoms with van der Waals surface area (Å²) < 4.78 is 0. The quantitative estimate of drug-likeness (QED) is 0.657. The molecule has 19 heavy (non-hydrogen) atoms. The standard InChI is InChI=1S/C14H18Cl2N2O/c15-12-8-11(9-13(16)18-12)14(19)17-7-3-6-10-4-1-2-5-10/h8-10H,1-7H2,(H,17,19). The minimum absolute atomic E-state index is 0.141. The number of hydrogen-bond donors (Lipinski definition) is 1. The van der Waals surface area contributed by atoms with Gasteiger partial charge < -0.3 is 5.32 Å². The molecule has 0 saturated heterocycles. The van der Waals surface area contributed by atoms with Crippen molar-refractivity contribution in [1.29, 1.82) is 0 Å². The molecule has 1 heterocycles. The van der Waals surface area contributed by atoms with Gasteiger partial charge in [0.15, 0.2) is 0 Å². The van der Waals surface area contributed by atoms with Gasteiger partial charge in [0.25, 0.3) is 5.91 Å². The Kier molecular flexibility index (Phi) is 5.46. The first-order valence-corrected chi connectivity index (χ1v) is 7.52. The molecule has 0 aliphatic heterocycles. The highest BCUT2D eigenvalue weighted by molar-refractivity contribution is 6.33. The summed E-state index contributed by atoms with van der Waals surface area (Å²) in [4.78, 5) is 15.7. The lowest BCUT2D eigenvalue weighted by Crippen LogP contribution is -2.24. The molecule has 1 saturated carbocycles. The predicted molar refractivity (Wildman–Crippen MR) is 77.8 cm³/mol. The largest absolute Gasteiger partial charge is 0.352 e. The maximum absolute atomic E-state index is 11.9. The van der Waals surface area contributed by atoms with Crippen molar-refractivity contribution in [2.75, 3.05) is 6.54 Å². The molecule has 1 aliphatic rings. The van der Waals surface area contributed by atoms with Gasteiger partial charge in [-0.2, -0.15) is 0 Å². The molecule has 0 atom stereocenters. The third-order valence-corrected chi connectivity index (χ3v) is 3.96. The van der Waals surface area contributed by atoms with Crippen molar-refractivity contribution in [3.05, 3.63) is 28.0 Å². The first-order chi connectivity index (χ1) is 9.15. The van der Waals surface area contributed by atoms with Gasteiger partial charge in [0.05, 0.1) is 0 Å². The van der Waals surface area contributed by atoms with E-state index in [9.17, 15) is 4.79 Å². The number of halogens is 2. The molecule has 1 fully saturated rings. The highest BCUT2D eigenvalue weighted by atomic mass is 35.5. The van der Waals surface area contributed by atoms with E-state index in [1.807, 2.05) is 0 Å². The van der Waals surface area contributed by atoms with Gasteiger partial charge in [0.2, 0.25) is 0 Å². The molecule has 0 aromatic carbocycles. The Labute approximate surface area is 123 Å². The minimum atomic E-state index is -0.141. The van der Waals surface area contributed by atoms with Crippen molar-refractivity contribution in [2.45, 2.75) is 38.5 Å². The molecule has 0 unspecified atom stereocenters. The Hall–Kier alpha value is -0.800. The van der Waals surface area contributed by atoms with E-state index in [0.717, 1.165) is 12.3 Å². The summed E-state index contributed by atoms with van der Waals surface area (Å²) in [6.45, 7) is 0.701. The van der Waals surface area contributed by atoms with Gasteiger partial charge in [-0.05, 0) is 30.9 Å². The Morgan fingerprint density at radius 1 is 1.26 bits per heavy atom. The van der Waals surface area contributed by atoms with Gasteiger partial charge in [0, 0.05) is 12.1 Å². The van der Waals surface area contributed by atoms with E-state index < -0.39 is 0 Å². The summed E-state index contributed by atoms with van der Waals surface area (Å²) in [6.07, 6.45) is 7.67. The molecule has 0 spiro atoms. The summed E-state index contributed by atoms with van der Waals surface area (Å²) in [5, 5.41) is 3.37. The first-order valence-electron chi connectivity index (χ1n) is 6.76. The average Bonchev–Trinajstić information content (AvgIpc) is 2.86. The summed E-state index contributed by atoms with van der Waals surface area (Å²) in [6, 6.07) is 3.06. The van der Waals surface area contributed by atoms with E-state index >= 15 is 0 Å². The number of nitrogens with zero attached hydrogens (tertiary/aromatic N) is 1. The van der Waals surface area contributed by atoms with Crippen LogP contribution in [0.15, 0.2) is 12.1 Å². The Balaban J connectivity index is 1.74. The van der Waals surface area contributed by atoms with Gasteiger partial charge in [-0.3, -0.25) is 4.79 Å². The SMILES string of the molecule is O=C(NCCCC1CCCC1)c1cc(Cl)nc(Cl)c1. The molecule has 1 aliphatic carbocycles. The zero-order valence-electron chi connectivity index (χ0n) is 10.8. The second-order valence-electron chi connectivity index (χ2n) is 5.05. The third-order valence-electron chi connectivity index (χ3n) is 3.57. The van der Waals surface area contributed by atoms with Crippen molar-refractivity contribution >= 4 is 29.1 Å². The maximum Gasteiger partial charge on any atom is 0.251 e. The van der Waals surface area contributed by atoms with Gasteiger partial charge in [-0.25, -0.2) is 4.98 Å². The van der Waals surface area contributed by atoms with Crippen LogP contribution in [0.5, 0.6) is 0 Å². The van der Waals surface area contributed by atoms with Crippen LogP contribution in [0.4, 0.5) is 0 Å². The van der Waals surface area contributed by atoms with Crippen LogP contribution in [0, 0.1) is 5.92 Å². The second-order valence-corrected chi connectivity index (χ2v) is 5.82. The molecule has 1 aromatic heterocycles. The molecular formula is C14H18Cl2N2O. The Bertz CT molecular complexity index is 425. The minimum Gasteiger partial charge on any atom is -0.352 e. The number of aromatic nitrogens is 1. The average molecular weight is 301 g/mol. The van der Waals surface area contributed by atoms with Crippen molar-refractivity contribution in [3.8, 4) is 0 Å². The number of amides is 1. The highest BCUT2D eigenvalue weighted by Crippen LogP contribution is 2.28. The maximum atomic E-state index is 11.9. The third kappa shape index (κ3) is 4.66. The molecule has 104 valence electrons. The predicted octanol–water partition coefficient (Wildman–Crippen LogP) is 4.09. The van der Waals surface area contributed by atoms with Crippen molar-refractivity contribution in [3.63, 3.8) is 0 Å². The molecule has 0 radical (unpaired) electrons. The first kappa shape index (κ1) is 14.6. The zero-order valence-corrected chi connectivity index (χ0v) is 12.3. The van der Waals surface area contributed by atoms with E-state index in [4.69, 9.17) is 23.2 Å². The van der Waals surface area contributed by atoms with Crippen LogP contribution < -0.4 is 5.32 Å². The lowest BCUT2D eigenvalue weighted by atomic mass is 10.0.